The Kier molecular flexibility index (Phi) is 4.32. The smallest absolute Gasteiger partial charge is 0.321 e. The van der Waals surface area contributed by atoms with Gasteiger partial charge in [-0.3, -0.25) is 9.59 Å². The van der Waals surface area contributed by atoms with E-state index >= 15 is 0 Å². The molecule has 3 saturated carbocycles. The van der Waals surface area contributed by atoms with E-state index in [4.69, 9.17) is 14.5 Å². The van der Waals surface area contributed by atoms with Crippen LogP contribution in [-0.4, -0.2) is 33.7 Å². The molecule has 1 spiro atoms. The third-order valence-corrected chi connectivity index (χ3v) is 7.30. The van der Waals surface area contributed by atoms with Crippen LogP contribution in [0.4, 0.5) is 0 Å². The first kappa shape index (κ1) is 18.2. The van der Waals surface area contributed by atoms with Crippen LogP contribution in [0.15, 0.2) is 0 Å². The minimum atomic E-state index is -1.75. The molecule has 3 atom stereocenters. The number of rotatable bonds is 3. The van der Waals surface area contributed by atoms with Crippen LogP contribution in [0.2, 0.25) is 0 Å². The first-order valence-corrected chi connectivity index (χ1v) is 9.81. The van der Waals surface area contributed by atoms with Gasteiger partial charge >= 0.3 is 11.9 Å². The highest BCUT2D eigenvalue weighted by Crippen LogP contribution is 2.54. The Morgan fingerprint density at radius 3 is 2.00 bits per heavy atom. The van der Waals surface area contributed by atoms with Crippen molar-refractivity contribution in [3.05, 3.63) is 0 Å². The zero-order valence-corrected chi connectivity index (χ0v) is 15.2. The predicted octanol–water partition coefficient (Wildman–Crippen LogP) is 3.32. The van der Waals surface area contributed by atoms with Crippen LogP contribution in [0.5, 0.6) is 0 Å². The first-order valence-electron chi connectivity index (χ1n) is 9.81. The van der Waals surface area contributed by atoms with Crippen molar-refractivity contribution in [1.82, 2.24) is 0 Å². The molecule has 4 rings (SSSR count). The van der Waals surface area contributed by atoms with E-state index in [-0.39, 0.29) is 31.6 Å². The maximum absolute atomic E-state index is 11.5. The fourth-order valence-electron chi connectivity index (χ4n) is 5.64. The largest absolute Gasteiger partial charge is 0.480 e. The van der Waals surface area contributed by atoms with Crippen molar-refractivity contribution >= 4 is 11.9 Å². The maximum atomic E-state index is 11.5. The zero-order valence-electron chi connectivity index (χ0n) is 15.2. The second-order valence-corrected chi connectivity index (χ2v) is 8.95. The van der Waals surface area contributed by atoms with Crippen molar-refractivity contribution in [3.8, 4) is 0 Å². The van der Waals surface area contributed by atoms with Gasteiger partial charge in [-0.15, -0.1) is 0 Å². The molecule has 0 aromatic heterocycles. The monoisotopic (exact) mass is 368 g/mol. The number of fused-ring (bicyclic) bond motifs is 2. The summed E-state index contributed by atoms with van der Waals surface area (Å²) in [4.78, 5) is 34.4. The van der Waals surface area contributed by atoms with Crippen LogP contribution in [0.1, 0.15) is 71.1 Å². The molecule has 7 heteroatoms. The van der Waals surface area contributed by atoms with Gasteiger partial charge in [-0.1, -0.05) is 19.3 Å². The summed E-state index contributed by atoms with van der Waals surface area (Å²) in [5, 5.41) is 18.8. The highest BCUT2D eigenvalue weighted by Gasteiger charge is 2.61. The number of ether oxygens (including phenoxy) is 1. The molecule has 4 aliphatic rings. The third kappa shape index (κ3) is 2.84. The number of hydrogen-bond acceptors (Lipinski definition) is 5. The molecule has 146 valence electrons. The highest BCUT2D eigenvalue weighted by atomic mass is 17.3. The average Bonchev–Trinajstić information content (AvgIpc) is 2.93. The molecular formula is C19H28O7. The van der Waals surface area contributed by atoms with Gasteiger partial charge in [-0.2, -0.15) is 9.78 Å². The average molecular weight is 368 g/mol. The molecule has 0 aromatic carbocycles. The molecule has 4 fully saturated rings. The number of carboxylic acids is 2. The van der Waals surface area contributed by atoms with Crippen LogP contribution >= 0.6 is 0 Å². The SMILES string of the molecule is C[C@@]1(C2CC3CCCC(C3)C2)OOC2(CCC(C(=O)O)(C(=O)O)CC2)O1. The molecule has 1 heterocycles. The van der Waals surface area contributed by atoms with Crippen LogP contribution in [0, 0.1) is 23.2 Å². The van der Waals surface area contributed by atoms with Crippen molar-refractivity contribution in [2.24, 2.45) is 23.2 Å². The van der Waals surface area contributed by atoms with Crippen molar-refractivity contribution in [2.75, 3.05) is 0 Å². The number of carbonyl (C=O) groups is 2. The van der Waals surface area contributed by atoms with E-state index in [2.05, 4.69) is 0 Å². The highest BCUT2D eigenvalue weighted by molar-refractivity contribution is 5.98. The minimum absolute atomic E-state index is 0.0208. The van der Waals surface area contributed by atoms with Gasteiger partial charge in [0, 0.05) is 18.8 Å². The van der Waals surface area contributed by atoms with Gasteiger partial charge in [-0.25, -0.2) is 0 Å². The van der Waals surface area contributed by atoms with Gasteiger partial charge < -0.3 is 14.9 Å². The van der Waals surface area contributed by atoms with Crippen LogP contribution in [0.25, 0.3) is 0 Å². The molecular weight excluding hydrogens is 340 g/mol. The van der Waals surface area contributed by atoms with Gasteiger partial charge in [0.05, 0.1) is 0 Å². The topological polar surface area (TPSA) is 102 Å². The Morgan fingerprint density at radius 1 is 0.885 bits per heavy atom. The van der Waals surface area contributed by atoms with Gasteiger partial charge in [0.15, 0.2) is 5.41 Å². The van der Waals surface area contributed by atoms with Gasteiger partial charge in [0.2, 0.25) is 11.6 Å². The van der Waals surface area contributed by atoms with Crippen LogP contribution in [-0.2, 0) is 24.1 Å². The number of carboxylic acid groups (broad SMARTS) is 2. The molecule has 0 aromatic rings. The first-order chi connectivity index (χ1) is 12.3. The lowest BCUT2D eigenvalue weighted by Gasteiger charge is -2.44. The molecule has 1 aliphatic heterocycles. The normalized spacial score (nSPS) is 41.0. The summed E-state index contributed by atoms with van der Waals surface area (Å²) in [5.41, 5.74) is -1.75. The Hall–Kier alpha value is -1.18. The Labute approximate surface area is 152 Å². The molecule has 7 nitrogen and oxygen atoms in total. The van der Waals surface area contributed by atoms with Crippen molar-refractivity contribution in [3.63, 3.8) is 0 Å². The Balaban J connectivity index is 1.45. The van der Waals surface area contributed by atoms with E-state index in [1.54, 1.807) is 0 Å². The van der Waals surface area contributed by atoms with E-state index in [1.165, 1.54) is 25.7 Å². The van der Waals surface area contributed by atoms with Gasteiger partial charge in [-0.05, 0) is 50.9 Å². The zero-order chi connectivity index (χ0) is 18.6. The lowest BCUT2D eigenvalue weighted by atomic mass is 9.66. The van der Waals surface area contributed by atoms with Crippen LogP contribution < -0.4 is 0 Å². The fourth-order valence-corrected chi connectivity index (χ4v) is 5.64. The molecule has 0 radical (unpaired) electrons. The standard InChI is InChI=1S/C19H28O7/c1-17(14-10-12-3-2-4-13(9-12)11-14)24-19(26-25-17)7-5-18(6-8-19,15(20)21)16(22)23/h12-14H,2-11H2,1H3,(H,20,21)(H,22,23)/t12?,13?,14?,17-/m0/s1. The van der Waals surface area contributed by atoms with E-state index in [9.17, 15) is 19.8 Å². The second-order valence-electron chi connectivity index (χ2n) is 8.95. The maximum Gasteiger partial charge on any atom is 0.321 e. The molecule has 2 unspecified atom stereocenters. The number of hydrogen-bond donors (Lipinski definition) is 2. The Morgan fingerprint density at radius 2 is 1.46 bits per heavy atom. The second kappa shape index (κ2) is 6.17. The molecule has 2 bridgehead atoms. The molecule has 26 heavy (non-hydrogen) atoms. The summed E-state index contributed by atoms with van der Waals surface area (Å²) in [6.45, 7) is 1.92. The molecule has 1 saturated heterocycles. The van der Waals surface area contributed by atoms with E-state index < -0.39 is 28.9 Å². The third-order valence-electron chi connectivity index (χ3n) is 7.30. The summed E-state index contributed by atoms with van der Waals surface area (Å²) < 4.78 is 6.30. The fraction of sp³-hybridized carbons (Fsp3) is 0.895. The Bertz CT molecular complexity index is 567. The lowest BCUT2D eigenvalue weighted by Crippen LogP contribution is -2.49. The van der Waals surface area contributed by atoms with E-state index in [0.29, 0.717) is 0 Å². The minimum Gasteiger partial charge on any atom is -0.480 e. The summed E-state index contributed by atoms with van der Waals surface area (Å²) in [6, 6.07) is 0. The van der Waals surface area contributed by atoms with Crippen molar-refractivity contribution in [2.45, 2.75) is 82.7 Å². The van der Waals surface area contributed by atoms with Crippen LogP contribution in [0.3, 0.4) is 0 Å². The predicted molar refractivity (Wildman–Crippen MR) is 88.7 cm³/mol. The summed E-state index contributed by atoms with van der Waals surface area (Å²) >= 11 is 0. The summed E-state index contributed by atoms with van der Waals surface area (Å²) in [6.07, 6.45) is 7.68. The van der Waals surface area contributed by atoms with Gasteiger partial charge in [0.25, 0.3) is 0 Å². The van der Waals surface area contributed by atoms with Gasteiger partial charge in [0.1, 0.15) is 0 Å². The van der Waals surface area contributed by atoms with E-state index in [0.717, 1.165) is 24.7 Å². The summed E-state index contributed by atoms with van der Waals surface area (Å²) in [7, 11) is 0. The van der Waals surface area contributed by atoms with E-state index in [1.807, 2.05) is 6.92 Å². The molecule has 0 amide bonds. The lowest BCUT2D eigenvalue weighted by molar-refractivity contribution is -0.362. The number of aliphatic carboxylic acids is 2. The van der Waals surface area contributed by atoms with Crippen molar-refractivity contribution in [1.29, 1.82) is 0 Å². The summed E-state index contributed by atoms with van der Waals surface area (Å²) in [5.74, 6) is -2.71. The molecule has 2 N–H and O–H groups in total. The quantitative estimate of drug-likeness (QED) is 0.582. The molecule has 3 aliphatic carbocycles. The van der Waals surface area contributed by atoms with Crippen molar-refractivity contribution < 1.29 is 34.3 Å².